The third-order valence-electron chi connectivity index (χ3n) is 1.30. The van der Waals surface area contributed by atoms with Crippen LogP contribution in [0.1, 0.15) is 12.0 Å². The molecule has 1 aromatic heterocycles. The minimum Gasteiger partial charge on any atom is -0.381 e. The molecule has 0 radical (unpaired) electrons. The molecule has 0 amide bonds. The predicted octanol–water partition coefficient (Wildman–Crippen LogP) is 0.983. The second-order valence-electron chi connectivity index (χ2n) is 2.34. The number of rotatable bonds is 1. The predicted molar refractivity (Wildman–Crippen MR) is 49.8 cm³/mol. The molecule has 0 saturated heterocycles. The third-order valence-corrected chi connectivity index (χ3v) is 1.49. The molecule has 0 bridgehead atoms. The van der Waals surface area contributed by atoms with Crippen molar-refractivity contribution in [2.24, 2.45) is 7.05 Å². The van der Waals surface area contributed by atoms with E-state index < -0.39 is 0 Å². The Labute approximate surface area is 76.5 Å². The molecule has 64 valence electrons. The van der Waals surface area contributed by atoms with E-state index in [1.54, 1.807) is 10.9 Å². The number of aryl methyl sites for hydroxylation is 1. The molecule has 0 fully saturated rings. The zero-order valence-corrected chi connectivity index (χ0v) is 7.60. The van der Waals surface area contributed by atoms with Crippen molar-refractivity contribution in [2.75, 3.05) is 11.6 Å². The van der Waals surface area contributed by atoms with Crippen molar-refractivity contribution in [1.29, 1.82) is 0 Å². The molecule has 0 atom stereocenters. The normalized spacial score (nSPS) is 9.17. The lowest BCUT2D eigenvalue weighted by Crippen LogP contribution is -1.90. The number of nitrogens with zero attached hydrogens (tertiary/aromatic N) is 2. The Bertz CT molecular complexity index is 319. The lowest BCUT2D eigenvalue weighted by atomic mass is 10.3. The first-order valence-corrected chi connectivity index (χ1v) is 4.11. The van der Waals surface area contributed by atoms with E-state index in [9.17, 15) is 0 Å². The number of nitrogen functional groups attached to an aromatic ring is 1. The molecule has 3 nitrogen and oxygen atoms in total. The molecule has 4 heteroatoms. The van der Waals surface area contributed by atoms with Crippen LogP contribution < -0.4 is 5.73 Å². The first-order valence-electron chi connectivity index (χ1n) is 3.58. The summed E-state index contributed by atoms with van der Waals surface area (Å²) < 4.78 is 1.64. The van der Waals surface area contributed by atoms with Crippen LogP contribution in [-0.4, -0.2) is 15.7 Å². The van der Waals surface area contributed by atoms with Gasteiger partial charge >= 0.3 is 0 Å². The Morgan fingerprint density at radius 1 is 1.75 bits per heavy atom. The molecular formula is C8H10ClN3. The van der Waals surface area contributed by atoms with Gasteiger partial charge in [-0.15, -0.1) is 11.6 Å². The Morgan fingerprint density at radius 2 is 2.50 bits per heavy atom. The Morgan fingerprint density at radius 3 is 3.00 bits per heavy atom. The maximum Gasteiger partial charge on any atom is 0.161 e. The van der Waals surface area contributed by atoms with E-state index in [0.29, 0.717) is 18.1 Å². The van der Waals surface area contributed by atoms with Crippen molar-refractivity contribution in [2.45, 2.75) is 6.42 Å². The Kier molecular flexibility index (Phi) is 3.01. The van der Waals surface area contributed by atoms with Crippen LogP contribution in [0.3, 0.4) is 0 Å². The maximum atomic E-state index is 5.56. The van der Waals surface area contributed by atoms with Gasteiger partial charge < -0.3 is 5.73 Å². The summed E-state index contributed by atoms with van der Waals surface area (Å²) in [6, 6.07) is 0. The number of hydrogen-bond donors (Lipinski definition) is 1. The molecule has 0 aliphatic heterocycles. The van der Waals surface area contributed by atoms with E-state index >= 15 is 0 Å². The smallest absolute Gasteiger partial charge is 0.161 e. The van der Waals surface area contributed by atoms with Gasteiger partial charge in [0.25, 0.3) is 0 Å². The Hall–Kier alpha value is -1.14. The standard InChI is InChI=1S/C8H10ClN3/c1-12-6-7(8(10)11-12)4-2-3-5-9/h6H,3,5H2,1H3,(H2,10,11). The van der Waals surface area contributed by atoms with Gasteiger partial charge in [0.05, 0.1) is 5.56 Å². The summed E-state index contributed by atoms with van der Waals surface area (Å²) in [4.78, 5) is 0. The summed E-state index contributed by atoms with van der Waals surface area (Å²) in [6.45, 7) is 0. The van der Waals surface area contributed by atoms with Gasteiger partial charge in [-0.25, -0.2) is 0 Å². The van der Waals surface area contributed by atoms with Gasteiger partial charge in [-0.05, 0) is 0 Å². The van der Waals surface area contributed by atoms with Crippen molar-refractivity contribution in [3.8, 4) is 11.8 Å². The average molecular weight is 184 g/mol. The van der Waals surface area contributed by atoms with Crippen molar-refractivity contribution >= 4 is 17.4 Å². The first-order chi connectivity index (χ1) is 5.74. The molecule has 0 aliphatic carbocycles. The summed E-state index contributed by atoms with van der Waals surface area (Å²) in [5.74, 6) is 6.80. The van der Waals surface area contributed by atoms with Crippen LogP contribution in [0.25, 0.3) is 0 Å². The molecule has 1 rings (SSSR count). The van der Waals surface area contributed by atoms with Crippen molar-refractivity contribution in [3.63, 3.8) is 0 Å². The SMILES string of the molecule is Cn1cc(C#CCCCl)c(N)n1. The number of halogens is 1. The fourth-order valence-electron chi connectivity index (χ4n) is 0.807. The highest BCUT2D eigenvalue weighted by Crippen LogP contribution is 2.04. The number of anilines is 1. The molecule has 1 aromatic rings. The van der Waals surface area contributed by atoms with Crippen LogP contribution in [0.5, 0.6) is 0 Å². The second kappa shape index (κ2) is 4.03. The topological polar surface area (TPSA) is 43.8 Å². The lowest BCUT2D eigenvalue weighted by Gasteiger charge is -1.81. The van der Waals surface area contributed by atoms with Gasteiger partial charge in [-0.1, -0.05) is 11.8 Å². The first kappa shape index (κ1) is 8.95. The maximum absolute atomic E-state index is 5.56. The number of alkyl halides is 1. The number of hydrogen-bond acceptors (Lipinski definition) is 2. The van der Waals surface area contributed by atoms with Gasteiger partial charge in [-0.2, -0.15) is 5.10 Å². The zero-order valence-electron chi connectivity index (χ0n) is 6.84. The summed E-state index contributed by atoms with van der Waals surface area (Å²) in [5, 5.41) is 3.95. The van der Waals surface area contributed by atoms with Crippen LogP contribution >= 0.6 is 11.6 Å². The van der Waals surface area contributed by atoms with Crippen LogP contribution in [0.4, 0.5) is 5.82 Å². The number of aromatic nitrogens is 2. The molecule has 0 aromatic carbocycles. The number of nitrogens with two attached hydrogens (primary N) is 1. The van der Waals surface area contributed by atoms with Gasteiger partial charge in [0.15, 0.2) is 5.82 Å². The minimum atomic E-state index is 0.472. The van der Waals surface area contributed by atoms with Crippen molar-refractivity contribution < 1.29 is 0 Å². The summed E-state index contributed by atoms with van der Waals surface area (Å²) in [5.41, 5.74) is 6.32. The average Bonchev–Trinajstić information content (AvgIpc) is 2.31. The molecule has 0 unspecified atom stereocenters. The molecule has 1 heterocycles. The lowest BCUT2D eigenvalue weighted by molar-refractivity contribution is 0.772. The van der Waals surface area contributed by atoms with E-state index in [4.69, 9.17) is 17.3 Å². The molecular weight excluding hydrogens is 174 g/mol. The van der Waals surface area contributed by atoms with Gasteiger partial charge in [0, 0.05) is 25.5 Å². The van der Waals surface area contributed by atoms with Gasteiger partial charge in [-0.3, -0.25) is 4.68 Å². The summed E-state index contributed by atoms with van der Waals surface area (Å²) >= 11 is 5.46. The van der Waals surface area contributed by atoms with Gasteiger partial charge in [0.1, 0.15) is 0 Å². The van der Waals surface area contributed by atoms with Crippen LogP contribution in [0.15, 0.2) is 6.20 Å². The van der Waals surface area contributed by atoms with E-state index in [-0.39, 0.29) is 0 Å². The minimum absolute atomic E-state index is 0.472. The van der Waals surface area contributed by atoms with Crippen LogP contribution in [0.2, 0.25) is 0 Å². The zero-order chi connectivity index (χ0) is 8.97. The molecule has 0 spiro atoms. The fraction of sp³-hybridized carbons (Fsp3) is 0.375. The third kappa shape index (κ3) is 2.18. The van der Waals surface area contributed by atoms with Crippen LogP contribution in [0, 0.1) is 11.8 Å². The second-order valence-corrected chi connectivity index (χ2v) is 2.72. The van der Waals surface area contributed by atoms with E-state index in [1.165, 1.54) is 0 Å². The Balaban J connectivity index is 2.76. The molecule has 0 aliphatic rings. The highest BCUT2D eigenvalue weighted by Gasteiger charge is 1.98. The summed E-state index contributed by atoms with van der Waals surface area (Å²) in [6.07, 6.45) is 2.46. The highest BCUT2D eigenvalue weighted by molar-refractivity contribution is 6.18. The largest absolute Gasteiger partial charge is 0.381 e. The monoisotopic (exact) mass is 183 g/mol. The van der Waals surface area contributed by atoms with Crippen LogP contribution in [-0.2, 0) is 7.05 Å². The fourth-order valence-corrected chi connectivity index (χ4v) is 0.901. The molecule has 0 saturated carbocycles. The van der Waals surface area contributed by atoms with E-state index in [0.717, 1.165) is 5.56 Å². The van der Waals surface area contributed by atoms with E-state index in [1.807, 2.05) is 7.05 Å². The highest BCUT2D eigenvalue weighted by atomic mass is 35.5. The van der Waals surface area contributed by atoms with E-state index in [2.05, 4.69) is 16.9 Å². The molecule has 2 N–H and O–H groups in total. The van der Waals surface area contributed by atoms with Crippen molar-refractivity contribution in [1.82, 2.24) is 9.78 Å². The molecule has 12 heavy (non-hydrogen) atoms. The summed E-state index contributed by atoms with van der Waals surface area (Å²) in [7, 11) is 1.81. The quantitative estimate of drug-likeness (QED) is 0.521. The van der Waals surface area contributed by atoms with Crippen molar-refractivity contribution in [3.05, 3.63) is 11.8 Å². The van der Waals surface area contributed by atoms with Gasteiger partial charge in [0.2, 0.25) is 0 Å².